The zero-order valence-corrected chi connectivity index (χ0v) is 14.4. The van der Waals surface area contributed by atoms with Crippen molar-refractivity contribution in [3.8, 4) is 11.8 Å². The summed E-state index contributed by atoms with van der Waals surface area (Å²) in [6.45, 7) is 2.25. The average Bonchev–Trinajstić information content (AvgIpc) is 2.66. The minimum Gasteiger partial charge on any atom is -0.481 e. The molecule has 132 valence electrons. The summed E-state index contributed by atoms with van der Waals surface area (Å²) in [7, 11) is 0. The molecular weight excluding hydrogens is 330 g/mol. The van der Waals surface area contributed by atoms with Crippen LogP contribution in [0.5, 0.6) is 5.75 Å². The quantitative estimate of drug-likeness (QED) is 0.916. The third kappa shape index (κ3) is 3.38. The van der Waals surface area contributed by atoms with E-state index in [1.54, 1.807) is 48.2 Å². The third-order valence-corrected chi connectivity index (χ3v) is 4.43. The maximum absolute atomic E-state index is 12.9. The van der Waals surface area contributed by atoms with Gasteiger partial charge in [-0.25, -0.2) is 0 Å². The van der Waals surface area contributed by atoms with Gasteiger partial charge in [-0.3, -0.25) is 9.59 Å². The van der Waals surface area contributed by atoms with Gasteiger partial charge in [-0.05, 0) is 61.7 Å². The predicted octanol–water partition coefficient (Wildman–Crippen LogP) is 2.40. The molecule has 1 aliphatic heterocycles. The number of carbonyl (C=O) groups excluding carboxylic acids is 2. The number of nitrogens with zero attached hydrogens (tertiary/aromatic N) is 2. The van der Waals surface area contributed by atoms with Crippen molar-refractivity contribution < 1.29 is 14.3 Å². The third-order valence-electron chi connectivity index (χ3n) is 4.43. The Morgan fingerprint density at radius 1 is 1.23 bits per heavy atom. The molecule has 0 bridgehead atoms. The van der Waals surface area contributed by atoms with Gasteiger partial charge in [-0.2, -0.15) is 5.26 Å². The van der Waals surface area contributed by atoms with Gasteiger partial charge in [-0.15, -0.1) is 0 Å². The zero-order chi connectivity index (χ0) is 18.7. The number of anilines is 1. The summed E-state index contributed by atoms with van der Waals surface area (Å²) in [5.41, 5.74) is 7.97. The number of hydrogen-bond donors (Lipinski definition) is 1. The van der Waals surface area contributed by atoms with E-state index in [0.29, 0.717) is 35.5 Å². The number of amides is 2. The van der Waals surface area contributed by atoms with Crippen LogP contribution in [0, 0.1) is 11.3 Å². The van der Waals surface area contributed by atoms with Crippen LogP contribution in [0.25, 0.3) is 0 Å². The second-order valence-corrected chi connectivity index (χ2v) is 6.16. The molecule has 1 atom stereocenters. The molecule has 2 amide bonds. The van der Waals surface area contributed by atoms with Crippen LogP contribution in [0.3, 0.4) is 0 Å². The van der Waals surface area contributed by atoms with Crippen LogP contribution in [0.2, 0.25) is 0 Å². The highest BCUT2D eigenvalue weighted by Crippen LogP contribution is 2.30. The molecule has 2 N–H and O–H groups in total. The summed E-state index contributed by atoms with van der Waals surface area (Å²) in [5, 5.41) is 8.84. The van der Waals surface area contributed by atoms with Gasteiger partial charge in [0.05, 0.1) is 11.6 Å². The number of primary amides is 1. The number of nitrogens with two attached hydrogens (primary N) is 1. The van der Waals surface area contributed by atoms with Crippen molar-refractivity contribution in [2.75, 3.05) is 11.4 Å². The number of nitriles is 1. The van der Waals surface area contributed by atoms with Gasteiger partial charge in [0.15, 0.2) is 6.10 Å². The molecule has 0 aliphatic carbocycles. The van der Waals surface area contributed by atoms with Crippen LogP contribution < -0.4 is 15.4 Å². The fraction of sp³-hybridized carbons (Fsp3) is 0.250. The summed E-state index contributed by atoms with van der Waals surface area (Å²) in [5.74, 6) is -0.150. The number of ether oxygens (including phenoxy) is 1. The van der Waals surface area contributed by atoms with Crippen molar-refractivity contribution in [3.05, 3.63) is 59.2 Å². The Bertz CT molecular complexity index is 884. The number of carbonyl (C=O) groups is 2. The highest BCUT2D eigenvalue weighted by atomic mass is 16.5. The summed E-state index contributed by atoms with van der Waals surface area (Å²) in [4.78, 5) is 26.2. The minimum atomic E-state index is -0.703. The topological polar surface area (TPSA) is 96.4 Å². The fourth-order valence-electron chi connectivity index (χ4n) is 3.17. The first kappa shape index (κ1) is 17.5. The van der Waals surface area contributed by atoms with Crippen LogP contribution in [0.15, 0.2) is 42.5 Å². The lowest BCUT2D eigenvalue weighted by molar-refractivity contribution is -0.124. The smallest absolute Gasteiger partial charge is 0.267 e. The van der Waals surface area contributed by atoms with E-state index in [1.807, 2.05) is 12.1 Å². The lowest BCUT2D eigenvalue weighted by atomic mass is 9.95. The summed E-state index contributed by atoms with van der Waals surface area (Å²) in [6, 6.07) is 13.9. The van der Waals surface area contributed by atoms with Gasteiger partial charge in [0.2, 0.25) is 5.91 Å². The van der Waals surface area contributed by atoms with E-state index < -0.39 is 12.0 Å². The molecule has 0 spiro atoms. The lowest BCUT2D eigenvalue weighted by Gasteiger charge is -2.32. The van der Waals surface area contributed by atoms with E-state index in [9.17, 15) is 9.59 Å². The average molecular weight is 349 g/mol. The first-order valence-electron chi connectivity index (χ1n) is 8.41. The van der Waals surface area contributed by atoms with Gasteiger partial charge in [0, 0.05) is 17.8 Å². The van der Waals surface area contributed by atoms with Gasteiger partial charge in [-0.1, -0.05) is 6.07 Å². The van der Waals surface area contributed by atoms with Crippen LogP contribution in [0.1, 0.15) is 34.8 Å². The Kier molecular flexibility index (Phi) is 4.90. The van der Waals surface area contributed by atoms with E-state index in [2.05, 4.69) is 0 Å². The number of fused-ring (bicyclic) bond motifs is 1. The normalized spacial score (nSPS) is 14.1. The highest BCUT2D eigenvalue weighted by Gasteiger charge is 2.29. The Hall–Kier alpha value is -3.33. The molecule has 1 aliphatic rings. The van der Waals surface area contributed by atoms with Crippen molar-refractivity contribution in [3.63, 3.8) is 0 Å². The van der Waals surface area contributed by atoms with Crippen molar-refractivity contribution in [2.24, 2.45) is 5.73 Å². The Morgan fingerprint density at radius 3 is 2.62 bits per heavy atom. The van der Waals surface area contributed by atoms with Gasteiger partial charge < -0.3 is 15.4 Å². The summed E-state index contributed by atoms with van der Waals surface area (Å²) >= 11 is 0. The molecule has 0 unspecified atom stereocenters. The SMILES string of the molecule is C[C@@H](Oc1ccc(C#N)cc1)C(=O)N1CCCc2c(C(N)=O)cccc21. The molecule has 3 rings (SSSR count). The number of rotatable bonds is 4. The highest BCUT2D eigenvalue weighted by molar-refractivity contribution is 6.01. The number of hydrogen-bond acceptors (Lipinski definition) is 4. The van der Waals surface area contributed by atoms with Crippen LogP contribution in [0.4, 0.5) is 5.69 Å². The Labute approximate surface area is 151 Å². The van der Waals surface area contributed by atoms with E-state index >= 15 is 0 Å². The largest absolute Gasteiger partial charge is 0.481 e. The van der Waals surface area contributed by atoms with Crippen molar-refractivity contribution in [2.45, 2.75) is 25.9 Å². The Balaban J connectivity index is 1.81. The van der Waals surface area contributed by atoms with E-state index in [1.165, 1.54) is 0 Å². The molecule has 0 aromatic heterocycles. The molecule has 0 radical (unpaired) electrons. The first-order chi connectivity index (χ1) is 12.5. The zero-order valence-electron chi connectivity index (χ0n) is 14.4. The summed E-state index contributed by atoms with van der Waals surface area (Å²) in [6.07, 6.45) is 0.765. The molecule has 6 nitrogen and oxygen atoms in total. The lowest BCUT2D eigenvalue weighted by Crippen LogP contribution is -2.43. The van der Waals surface area contributed by atoms with Crippen molar-refractivity contribution >= 4 is 17.5 Å². The maximum Gasteiger partial charge on any atom is 0.267 e. The van der Waals surface area contributed by atoms with Gasteiger partial charge in [0.25, 0.3) is 5.91 Å². The second kappa shape index (κ2) is 7.28. The predicted molar refractivity (Wildman–Crippen MR) is 96.9 cm³/mol. The first-order valence-corrected chi connectivity index (χ1v) is 8.41. The second-order valence-electron chi connectivity index (χ2n) is 6.16. The van der Waals surface area contributed by atoms with Gasteiger partial charge in [0.1, 0.15) is 5.75 Å². The number of benzene rings is 2. The van der Waals surface area contributed by atoms with Crippen LogP contribution >= 0.6 is 0 Å². The molecule has 0 fully saturated rings. The fourth-order valence-corrected chi connectivity index (χ4v) is 3.17. The van der Waals surface area contributed by atoms with Gasteiger partial charge >= 0.3 is 0 Å². The summed E-state index contributed by atoms with van der Waals surface area (Å²) < 4.78 is 5.73. The maximum atomic E-state index is 12.9. The van der Waals surface area contributed by atoms with Crippen LogP contribution in [-0.2, 0) is 11.2 Å². The Morgan fingerprint density at radius 2 is 1.96 bits per heavy atom. The molecule has 6 heteroatoms. The van der Waals surface area contributed by atoms with Crippen molar-refractivity contribution in [1.82, 2.24) is 0 Å². The van der Waals surface area contributed by atoms with E-state index in [-0.39, 0.29) is 5.91 Å². The van der Waals surface area contributed by atoms with Crippen molar-refractivity contribution in [1.29, 1.82) is 5.26 Å². The minimum absolute atomic E-state index is 0.183. The molecule has 0 saturated carbocycles. The molecule has 2 aromatic rings. The monoisotopic (exact) mass is 349 g/mol. The van der Waals surface area contributed by atoms with Crippen LogP contribution in [-0.4, -0.2) is 24.5 Å². The molecule has 1 heterocycles. The van der Waals surface area contributed by atoms with E-state index in [0.717, 1.165) is 12.0 Å². The standard InChI is InChI=1S/C20H19N3O3/c1-13(26-15-9-7-14(12-21)8-10-15)20(25)23-11-3-5-16-17(19(22)24)4-2-6-18(16)23/h2,4,6-10,13H,3,5,11H2,1H3,(H2,22,24)/t13-/m1/s1. The van der Waals surface area contributed by atoms with E-state index in [4.69, 9.17) is 15.7 Å². The molecular formula is C20H19N3O3. The molecule has 0 saturated heterocycles. The molecule has 2 aromatic carbocycles. The molecule has 26 heavy (non-hydrogen) atoms.